The minimum absolute atomic E-state index is 0.0598. The predicted molar refractivity (Wildman–Crippen MR) is 68.5 cm³/mol. The highest BCUT2D eigenvalue weighted by atomic mass is 32.3. The molecule has 1 aromatic carbocycles. The first-order chi connectivity index (χ1) is 8.54. The molecule has 0 amide bonds. The molecule has 0 aliphatic heterocycles. The van der Waals surface area contributed by atoms with Gasteiger partial charge in [-0.2, -0.15) is 0 Å². The zero-order valence-corrected chi connectivity index (χ0v) is 11.4. The van der Waals surface area contributed by atoms with Crippen LogP contribution in [-0.2, 0) is 20.0 Å². The molecule has 106 valence electrons. The van der Waals surface area contributed by atoms with E-state index in [1.54, 1.807) is 0 Å². The number of carboxylic acids is 1. The minimum atomic E-state index is -4.27. The van der Waals surface area contributed by atoms with Gasteiger partial charge in [-0.25, -0.2) is 26.8 Å². The van der Waals surface area contributed by atoms with Gasteiger partial charge >= 0.3 is 5.97 Å². The van der Waals surface area contributed by atoms with E-state index in [4.69, 9.17) is 10.2 Å². The van der Waals surface area contributed by atoms with Crippen molar-refractivity contribution in [3.05, 3.63) is 29.8 Å². The Morgan fingerprint density at radius 1 is 1.32 bits per heavy atom. The zero-order chi connectivity index (χ0) is 14.8. The number of nitrogens with two attached hydrogens (primary N) is 1. The highest BCUT2D eigenvalue weighted by molar-refractivity contribution is 8.08. The molecule has 0 aromatic heterocycles. The van der Waals surface area contributed by atoms with Crippen molar-refractivity contribution in [2.75, 3.05) is 4.72 Å². The third-order valence-electron chi connectivity index (χ3n) is 2.27. The van der Waals surface area contributed by atoms with Crippen molar-refractivity contribution in [3.63, 3.8) is 0 Å². The summed E-state index contributed by atoms with van der Waals surface area (Å²) in [5.41, 5.74) is -0.196. The molecule has 0 spiro atoms. The highest BCUT2D eigenvalue weighted by Gasteiger charge is 2.30. The van der Waals surface area contributed by atoms with Gasteiger partial charge < -0.3 is 5.11 Å². The molecule has 0 bridgehead atoms. The van der Waals surface area contributed by atoms with Crippen molar-refractivity contribution in [3.8, 4) is 0 Å². The van der Waals surface area contributed by atoms with Crippen LogP contribution in [0.5, 0.6) is 0 Å². The number of nitrogens with one attached hydrogen (secondary N) is 1. The summed E-state index contributed by atoms with van der Waals surface area (Å²) in [6, 6.07) is 4.95. The first-order valence-corrected chi connectivity index (χ1v) is 8.06. The van der Waals surface area contributed by atoms with Gasteiger partial charge in [0, 0.05) is 5.69 Å². The average Bonchev–Trinajstić information content (AvgIpc) is 2.26. The maximum atomic E-state index is 11.7. The van der Waals surface area contributed by atoms with Crippen molar-refractivity contribution in [1.82, 2.24) is 0 Å². The molecule has 0 saturated heterocycles. The average molecular weight is 308 g/mol. The van der Waals surface area contributed by atoms with E-state index in [-0.39, 0.29) is 11.3 Å². The summed E-state index contributed by atoms with van der Waals surface area (Å²) in [4.78, 5) is 10.7. The number of primary sulfonamides is 1. The van der Waals surface area contributed by atoms with E-state index in [1.165, 1.54) is 18.2 Å². The predicted octanol–water partition coefficient (Wildman–Crippen LogP) is -0.239. The normalized spacial score (nSPS) is 13.8. The van der Waals surface area contributed by atoms with Crippen LogP contribution in [0.25, 0.3) is 0 Å². The van der Waals surface area contributed by atoms with Crippen LogP contribution in [0.4, 0.5) is 5.69 Å². The molecule has 1 aromatic rings. The van der Waals surface area contributed by atoms with Crippen LogP contribution in [-0.4, -0.2) is 32.5 Å². The molecule has 1 atom stereocenters. The Labute approximate surface area is 110 Å². The van der Waals surface area contributed by atoms with Crippen LogP contribution in [0.15, 0.2) is 24.3 Å². The van der Waals surface area contributed by atoms with Gasteiger partial charge in [0.05, 0.1) is 5.56 Å². The number of sulfonamides is 2. The molecular weight excluding hydrogens is 296 g/mol. The molecule has 19 heavy (non-hydrogen) atoms. The molecule has 0 aliphatic carbocycles. The van der Waals surface area contributed by atoms with Crippen LogP contribution < -0.4 is 9.86 Å². The molecule has 1 unspecified atom stereocenters. The highest BCUT2D eigenvalue weighted by Crippen LogP contribution is 2.15. The number of benzene rings is 1. The molecule has 0 heterocycles. The Morgan fingerprint density at radius 2 is 1.89 bits per heavy atom. The van der Waals surface area contributed by atoms with E-state index in [0.29, 0.717) is 0 Å². The first kappa shape index (κ1) is 15.4. The van der Waals surface area contributed by atoms with Crippen molar-refractivity contribution < 1.29 is 26.7 Å². The fourth-order valence-corrected chi connectivity index (χ4v) is 3.32. The van der Waals surface area contributed by atoms with Gasteiger partial charge in [-0.3, -0.25) is 4.72 Å². The second-order valence-corrected chi connectivity index (χ2v) is 7.87. The van der Waals surface area contributed by atoms with E-state index in [0.717, 1.165) is 13.0 Å². The van der Waals surface area contributed by atoms with Gasteiger partial charge in [0.25, 0.3) is 10.0 Å². The van der Waals surface area contributed by atoms with Gasteiger partial charge in [-0.05, 0) is 25.1 Å². The van der Waals surface area contributed by atoms with Crippen LogP contribution in [0.1, 0.15) is 17.3 Å². The summed E-state index contributed by atoms with van der Waals surface area (Å²) in [6.45, 7) is 0.915. The topological polar surface area (TPSA) is 144 Å². The number of carboxylic acid groups (broad SMARTS) is 1. The molecule has 0 aliphatic rings. The molecule has 0 fully saturated rings. The molecular formula is C9H12N2O6S2. The van der Waals surface area contributed by atoms with Crippen molar-refractivity contribution in [2.24, 2.45) is 5.14 Å². The molecule has 4 N–H and O–H groups in total. The Balaban J connectivity index is 3.09. The van der Waals surface area contributed by atoms with Crippen LogP contribution in [0.2, 0.25) is 0 Å². The second-order valence-electron chi connectivity index (χ2n) is 3.69. The molecule has 8 nitrogen and oxygen atoms in total. The summed E-state index contributed by atoms with van der Waals surface area (Å²) >= 11 is 0. The minimum Gasteiger partial charge on any atom is -0.478 e. The quantitative estimate of drug-likeness (QED) is 0.685. The largest absolute Gasteiger partial charge is 0.478 e. The van der Waals surface area contributed by atoms with Crippen molar-refractivity contribution >= 4 is 31.7 Å². The fourth-order valence-electron chi connectivity index (χ4n) is 1.14. The second kappa shape index (κ2) is 5.15. The SMILES string of the molecule is CC(S(N)(=O)=O)S(=O)(=O)Nc1cccc(C(=O)O)c1. The summed E-state index contributed by atoms with van der Waals surface area (Å²) < 4.78 is 45.6. The van der Waals surface area contributed by atoms with Gasteiger partial charge in [0.15, 0.2) is 4.58 Å². The molecule has 10 heteroatoms. The number of rotatable bonds is 5. The smallest absolute Gasteiger partial charge is 0.335 e. The Morgan fingerprint density at radius 3 is 2.37 bits per heavy atom. The Hall–Kier alpha value is -1.65. The van der Waals surface area contributed by atoms with Gasteiger partial charge in [0.2, 0.25) is 10.0 Å². The van der Waals surface area contributed by atoms with E-state index in [9.17, 15) is 21.6 Å². The Kier molecular flexibility index (Phi) is 4.18. The standard InChI is InChI=1S/C9H12N2O6S2/c1-6(18(10,14)15)19(16,17)11-8-4-2-3-7(5-8)9(12)13/h2-6,11H,1H3,(H,12,13)(H2,10,14,15). The van der Waals surface area contributed by atoms with Gasteiger partial charge in [-0.1, -0.05) is 6.07 Å². The Bertz CT molecular complexity index is 695. The number of aromatic carboxylic acids is 1. The van der Waals surface area contributed by atoms with Gasteiger partial charge in [-0.15, -0.1) is 0 Å². The third kappa shape index (κ3) is 3.91. The van der Waals surface area contributed by atoms with E-state index < -0.39 is 30.6 Å². The summed E-state index contributed by atoms with van der Waals surface area (Å²) in [5, 5.41) is 13.5. The first-order valence-electron chi connectivity index (χ1n) is 4.90. The fraction of sp³-hybridized carbons (Fsp3) is 0.222. The number of anilines is 1. The lowest BCUT2D eigenvalue weighted by Gasteiger charge is -2.13. The van der Waals surface area contributed by atoms with E-state index >= 15 is 0 Å². The lowest BCUT2D eigenvalue weighted by Crippen LogP contribution is -2.36. The molecule has 0 radical (unpaired) electrons. The zero-order valence-electron chi connectivity index (χ0n) is 9.77. The third-order valence-corrected chi connectivity index (χ3v) is 6.15. The maximum absolute atomic E-state index is 11.7. The van der Waals surface area contributed by atoms with Crippen molar-refractivity contribution in [1.29, 1.82) is 0 Å². The van der Waals surface area contributed by atoms with Gasteiger partial charge in [0.1, 0.15) is 0 Å². The summed E-state index contributed by atoms with van der Waals surface area (Å²) in [6.07, 6.45) is 0. The summed E-state index contributed by atoms with van der Waals surface area (Å²) in [5.74, 6) is -1.24. The molecule has 1 rings (SSSR count). The van der Waals surface area contributed by atoms with Crippen LogP contribution >= 0.6 is 0 Å². The lowest BCUT2D eigenvalue weighted by molar-refractivity contribution is 0.0697. The van der Waals surface area contributed by atoms with Crippen molar-refractivity contribution in [2.45, 2.75) is 11.5 Å². The van der Waals surface area contributed by atoms with E-state index in [2.05, 4.69) is 0 Å². The lowest BCUT2D eigenvalue weighted by atomic mass is 10.2. The van der Waals surface area contributed by atoms with Crippen LogP contribution in [0, 0.1) is 0 Å². The maximum Gasteiger partial charge on any atom is 0.335 e. The monoisotopic (exact) mass is 308 g/mol. The molecule has 0 saturated carbocycles. The summed E-state index contributed by atoms with van der Waals surface area (Å²) in [7, 11) is -8.54. The number of hydrogen-bond acceptors (Lipinski definition) is 5. The number of hydrogen-bond donors (Lipinski definition) is 3. The number of carbonyl (C=O) groups is 1. The van der Waals surface area contributed by atoms with E-state index in [1.807, 2.05) is 4.72 Å². The van der Waals surface area contributed by atoms with Crippen LogP contribution in [0.3, 0.4) is 0 Å².